The lowest BCUT2D eigenvalue weighted by Gasteiger charge is -2.17. The molecule has 5 nitrogen and oxygen atoms in total. The van der Waals surface area contributed by atoms with E-state index in [1.807, 2.05) is 39.0 Å². The second-order valence-corrected chi connectivity index (χ2v) is 4.74. The number of benzene rings is 1. The largest absolute Gasteiger partial charge is 0.480 e. The van der Waals surface area contributed by atoms with Crippen molar-refractivity contribution in [1.82, 2.24) is 5.32 Å². The van der Waals surface area contributed by atoms with Crippen LogP contribution in [0.5, 0.6) is 0 Å². The molecular weight excluding hydrogens is 256 g/mol. The molecule has 0 aliphatic heterocycles. The van der Waals surface area contributed by atoms with Gasteiger partial charge in [0.15, 0.2) is 0 Å². The van der Waals surface area contributed by atoms with E-state index < -0.39 is 18.0 Å². The molecule has 0 aliphatic rings. The molecule has 0 unspecified atom stereocenters. The van der Waals surface area contributed by atoms with Gasteiger partial charge in [-0.3, -0.25) is 0 Å². The average molecular weight is 278 g/mol. The lowest BCUT2D eigenvalue weighted by atomic mass is 10.1. The molecule has 5 heteroatoms. The van der Waals surface area contributed by atoms with E-state index in [-0.39, 0.29) is 0 Å². The quantitative estimate of drug-likeness (QED) is 0.748. The Hall–Kier alpha value is -2.04. The highest BCUT2D eigenvalue weighted by Gasteiger charge is 2.19. The van der Waals surface area contributed by atoms with Crippen LogP contribution < -0.4 is 10.6 Å². The number of para-hydroxylation sites is 1. The third-order valence-corrected chi connectivity index (χ3v) is 3.16. The number of hydrogen-bond acceptors (Lipinski definition) is 2. The maximum Gasteiger partial charge on any atom is 0.326 e. The van der Waals surface area contributed by atoms with Crippen LogP contribution in [0.4, 0.5) is 10.5 Å². The first kappa shape index (κ1) is 16.0. The third kappa shape index (κ3) is 4.26. The van der Waals surface area contributed by atoms with Gasteiger partial charge in [-0.2, -0.15) is 0 Å². The van der Waals surface area contributed by atoms with Gasteiger partial charge in [-0.25, -0.2) is 9.59 Å². The van der Waals surface area contributed by atoms with Crippen molar-refractivity contribution < 1.29 is 14.7 Å². The number of urea groups is 1. The van der Waals surface area contributed by atoms with Gasteiger partial charge in [0.2, 0.25) is 0 Å². The van der Waals surface area contributed by atoms with E-state index in [2.05, 4.69) is 10.6 Å². The number of carbonyl (C=O) groups excluding carboxylic acids is 1. The minimum atomic E-state index is -1.01. The smallest absolute Gasteiger partial charge is 0.326 e. The van der Waals surface area contributed by atoms with E-state index in [1.54, 1.807) is 0 Å². The zero-order chi connectivity index (χ0) is 15.1. The fourth-order valence-corrected chi connectivity index (χ4v) is 2.06. The number of carbonyl (C=O) groups is 2. The highest BCUT2D eigenvalue weighted by atomic mass is 16.4. The molecule has 0 aromatic heterocycles. The number of carboxylic acids is 1. The number of anilines is 1. The molecule has 0 aliphatic carbocycles. The van der Waals surface area contributed by atoms with Crippen LogP contribution in [0.1, 0.15) is 37.8 Å². The van der Waals surface area contributed by atoms with Crippen LogP contribution in [-0.4, -0.2) is 23.1 Å². The number of carboxylic acid groups (broad SMARTS) is 1. The molecule has 0 heterocycles. The van der Waals surface area contributed by atoms with Gasteiger partial charge in [0.05, 0.1) is 0 Å². The Labute approximate surface area is 119 Å². The summed E-state index contributed by atoms with van der Waals surface area (Å²) in [5, 5.41) is 14.3. The summed E-state index contributed by atoms with van der Waals surface area (Å²) in [7, 11) is 0. The van der Waals surface area contributed by atoms with Crippen molar-refractivity contribution in [3.05, 3.63) is 29.3 Å². The average Bonchev–Trinajstić information content (AvgIpc) is 2.40. The molecule has 0 saturated heterocycles. The van der Waals surface area contributed by atoms with E-state index in [4.69, 9.17) is 5.11 Å². The number of aryl methyl sites for hydroxylation is 2. The molecule has 1 aromatic carbocycles. The lowest BCUT2D eigenvalue weighted by Crippen LogP contribution is -2.43. The summed E-state index contributed by atoms with van der Waals surface area (Å²) >= 11 is 0. The Morgan fingerprint density at radius 3 is 2.55 bits per heavy atom. The van der Waals surface area contributed by atoms with Crippen LogP contribution in [0.25, 0.3) is 0 Å². The molecule has 0 saturated carbocycles. The normalized spacial score (nSPS) is 11.8. The van der Waals surface area contributed by atoms with E-state index in [0.717, 1.165) is 23.2 Å². The zero-order valence-corrected chi connectivity index (χ0v) is 12.2. The summed E-state index contributed by atoms with van der Waals surface area (Å²) in [6.07, 6.45) is 1.91. The summed E-state index contributed by atoms with van der Waals surface area (Å²) in [6.45, 7) is 5.80. The molecule has 0 radical (unpaired) electrons. The second-order valence-electron chi connectivity index (χ2n) is 4.74. The van der Waals surface area contributed by atoms with Crippen LogP contribution in [0.15, 0.2) is 18.2 Å². The fourth-order valence-electron chi connectivity index (χ4n) is 2.06. The second kappa shape index (κ2) is 7.53. The molecule has 1 atom stereocenters. The highest BCUT2D eigenvalue weighted by molar-refractivity contribution is 5.93. The number of rotatable bonds is 6. The first-order valence-corrected chi connectivity index (χ1v) is 6.88. The number of amides is 2. The molecule has 3 N–H and O–H groups in total. The Morgan fingerprint density at radius 2 is 2.00 bits per heavy atom. The molecule has 20 heavy (non-hydrogen) atoms. The van der Waals surface area contributed by atoms with Crippen molar-refractivity contribution in [2.75, 3.05) is 5.32 Å². The van der Waals surface area contributed by atoms with Crippen molar-refractivity contribution in [3.63, 3.8) is 0 Å². The van der Waals surface area contributed by atoms with Crippen molar-refractivity contribution in [3.8, 4) is 0 Å². The molecule has 1 aromatic rings. The van der Waals surface area contributed by atoms with Gasteiger partial charge < -0.3 is 15.7 Å². The van der Waals surface area contributed by atoms with Gasteiger partial charge in [-0.1, -0.05) is 38.5 Å². The molecule has 1 rings (SSSR count). The van der Waals surface area contributed by atoms with Crippen molar-refractivity contribution in [2.24, 2.45) is 0 Å². The van der Waals surface area contributed by atoms with E-state index in [0.29, 0.717) is 12.8 Å². The molecule has 2 amide bonds. The Balaban J connectivity index is 2.78. The first-order chi connectivity index (χ1) is 9.49. The van der Waals surface area contributed by atoms with Crippen LogP contribution in [0, 0.1) is 6.92 Å². The van der Waals surface area contributed by atoms with Gasteiger partial charge in [-0.05, 0) is 30.9 Å². The van der Waals surface area contributed by atoms with Gasteiger partial charge >= 0.3 is 12.0 Å². The SMILES string of the molecule is CCC[C@@H](NC(=O)Nc1c(C)cccc1CC)C(=O)O. The number of hydrogen-bond donors (Lipinski definition) is 3. The Kier molecular flexibility index (Phi) is 6.03. The van der Waals surface area contributed by atoms with E-state index in [1.165, 1.54) is 0 Å². The summed E-state index contributed by atoms with van der Waals surface area (Å²) in [5.41, 5.74) is 2.75. The minimum absolute atomic E-state index is 0.414. The summed E-state index contributed by atoms with van der Waals surface area (Å²) in [5.74, 6) is -1.01. The predicted octanol–water partition coefficient (Wildman–Crippen LogP) is 2.93. The molecule has 110 valence electrons. The third-order valence-electron chi connectivity index (χ3n) is 3.16. The van der Waals surface area contributed by atoms with Crippen molar-refractivity contribution >= 4 is 17.7 Å². The Morgan fingerprint density at radius 1 is 1.30 bits per heavy atom. The van der Waals surface area contributed by atoms with E-state index in [9.17, 15) is 9.59 Å². The first-order valence-electron chi connectivity index (χ1n) is 6.88. The maximum atomic E-state index is 11.9. The van der Waals surface area contributed by atoms with Crippen LogP contribution in [-0.2, 0) is 11.2 Å². The number of aliphatic carboxylic acids is 1. The topological polar surface area (TPSA) is 78.4 Å². The van der Waals surface area contributed by atoms with Crippen LogP contribution >= 0.6 is 0 Å². The summed E-state index contributed by atoms with van der Waals surface area (Å²) in [6, 6.07) is 4.47. The highest BCUT2D eigenvalue weighted by Crippen LogP contribution is 2.20. The molecule has 0 spiro atoms. The van der Waals surface area contributed by atoms with Gasteiger partial charge in [-0.15, -0.1) is 0 Å². The standard InChI is InChI=1S/C15H22N2O3/c1-4-7-12(14(18)19)16-15(20)17-13-10(3)8-6-9-11(13)5-2/h6,8-9,12H,4-5,7H2,1-3H3,(H,18,19)(H2,16,17,20)/t12-/m1/s1. The maximum absolute atomic E-state index is 11.9. The Bertz CT molecular complexity index is 486. The number of nitrogens with one attached hydrogen (secondary N) is 2. The predicted molar refractivity (Wildman–Crippen MR) is 79.0 cm³/mol. The fraction of sp³-hybridized carbons (Fsp3) is 0.467. The van der Waals surface area contributed by atoms with Crippen LogP contribution in [0.2, 0.25) is 0 Å². The van der Waals surface area contributed by atoms with Gasteiger partial charge in [0.1, 0.15) is 6.04 Å². The van der Waals surface area contributed by atoms with Crippen LogP contribution in [0.3, 0.4) is 0 Å². The van der Waals surface area contributed by atoms with Gasteiger partial charge in [0, 0.05) is 5.69 Å². The monoisotopic (exact) mass is 278 g/mol. The molecule has 0 bridgehead atoms. The van der Waals surface area contributed by atoms with Gasteiger partial charge in [0.25, 0.3) is 0 Å². The molecular formula is C15H22N2O3. The summed E-state index contributed by atoms with van der Waals surface area (Å²) in [4.78, 5) is 23.0. The van der Waals surface area contributed by atoms with Crippen molar-refractivity contribution in [2.45, 2.75) is 46.1 Å². The van der Waals surface area contributed by atoms with E-state index >= 15 is 0 Å². The minimum Gasteiger partial charge on any atom is -0.480 e. The lowest BCUT2D eigenvalue weighted by molar-refractivity contribution is -0.139. The zero-order valence-electron chi connectivity index (χ0n) is 12.2. The molecule has 0 fully saturated rings. The summed E-state index contributed by atoms with van der Waals surface area (Å²) < 4.78 is 0. The van der Waals surface area contributed by atoms with Crippen molar-refractivity contribution in [1.29, 1.82) is 0 Å².